The van der Waals surface area contributed by atoms with Gasteiger partial charge in [-0.3, -0.25) is 14.9 Å². The Kier molecular flexibility index (Phi) is 4.82. The number of rotatable bonds is 6. The SMILES string of the molecule is CCc1ccc(-c2cc(F)ccc2C(=O)NC[C@@]2(C3CC3)NC(=O)NC2=O)cc1. The third-order valence-corrected chi connectivity index (χ3v) is 5.67. The number of carbonyl (C=O) groups is 3. The normalized spacial score (nSPS) is 20.9. The van der Waals surface area contributed by atoms with Crippen LogP contribution in [0.2, 0.25) is 0 Å². The summed E-state index contributed by atoms with van der Waals surface area (Å²) in [5, 5.41) is 7.71. The van der Waals surface area contributed by atoms with E-state index >= 15 is 0 Å². The molecule has 4 amide bonds. The highest BCUT2D eigenvalue weighted by atomic mass is 19.1. The Hall–Kier alpha value is -3.22. The summed E-state index contributed by atoms with van der Waals surface area (Å²) in [6.07, 6.45) is 2.51. The highest BCUT2D eigenvalue weighted by Crippen LogP contribution is 2.41. The van der Waals surface area contributed by atoms with Crippen LogP contribution in [0, 0.1) is 11.7 Å². The Morgan fingerprint density at radius 2 is 1.90 bits per heavy atom. The molecule has 4 rings (SSSR count). The molecule has 29 heavy (non-hydrogen) atoms. The average Bonchev–Trinajstić information content (AvgIpc) is 3.52. The fourth-order valence-corrected chi connectivity index (χ4v) is 3.83. The second-order valence-electron chi connectivity index (χ2n) is 7.58. The van der Waals surface area contributed by atoms with Crippen LogP contribution in [-0.4, -0.2) is 29.9 Å². The molecule has 6 nitrogen and oxygen atoms in total. The van der Waals surface area contributed by atoms with E-state index in [4.69, 9.17) is 0 Å². The van der Waals surface area contributed by atoms with E-state index in [0.29, 0.717) is 11.1 Å². The van der Waals surface area contributed by atoms with E-state index in [0.717, 1.165) is 30.4 Å². The largest absolute Gasteiger partial charge is 0.349 e. The first-order chi connectivity index (χ1) is 13.9. The molecule has 2 fully saturated rings. The molecule has 1 saturated carbocycles. The average molecular weight is 395 g/mol. The van der Waals surface area contributed by atoms with Crippen molar-refractivity contribution in [3.8, 4) is 11.1 Å². The lowest BCUT2D eigenvalue weighted by atomic mass is 9.92. The van der Waals surface area contributed by atoms with E-state index in [-0.39, 0.29) is 12.5 Å². The number of aryl methyl sites for hydroxylation is 1. The van der Waals surface area contributed by atoms with Gasteiger partial charge < -0.3 is 10.6 Å². The molecule has 1 aliphatic carbocycles. The maximum Gasteiger partial charge on any atom is 0.322 e. The molecule has 1 atom stereocenters. The molecule has 0 aromatic heterocycles. The first kappa shape index (κ1) is 19.1. The van der Waals surface area contributed by atoms with Crippen molar-refractivity contribution in [2.24, 2.45) is 5.92 Å². The topological polar surface area (TPSA) is 87.3 Å². The zero-order valence-corrected chi connectivity index (χ0v) is 16.0. The summed E-state index contributed by atoms with van der Waals surface area (Å²) in [6, 6.07) is 11.1. The molecule has 1 heterocycles. The quantitative estimate of drug-likeness (QED) is 0.658. The van der Waals surface area contributed by atoms with Crippen LogP contribution in [0.5, 0.6) is 0 Å². The fraction of sp³-hybridized carbons (Fsp3) is 0.318. The molecular formula is C22H22FN3O3. The van der Waals surface area contributed by atoms with Crippen LogP contribution in [0.1, 0.15) is 35.7 Å². The third-order valence-electron chi connectivity index (χ3n) is 5.67. The second kappa shape index (κ2) is 7.31. The smallest absolute Gasteiger partial charge is 0.322 e. The number of imide groups is 1. The Morgan fingerprint density at radius 3 is 2.48 bits per heavy atom. The molecular weight excluding hydrogens is 373 g/mol. The zero-order chi connectivity index (χ0) is 20.6. The summed E-state index contributed by atoms with van der Waals surface area (Å²) in [5.74, 6) is -1.27. The molecule has 0 unspecified atom stereocenters. The van der Waals surface area contributed by atoms with Crippen molar-refractivity contribution >= 4 is 17.8 Å². The molecule has 0 spiro atoms. The zero-order valence-electron chi connectivity index (χ0n) is 16.0. The Morgan fingerprint density at radius 1 is 1.17 bits per heavy atom. The standard InChI is InChI=1S/C22H22FN3O3/c1-2-13-3-5-14(6-4-13)18-11-16(23)9-10-17(18)19(27)24-12-22(15-7-8-15)20(28)25-21(29)26-22/h3-6,9-11,15H,2,7-8,12H2,1H3,(H,24,27)(H2,25,26,28,29)/t22-/m0/s1. The van der Waals surface area contributed by atoms with Gasteiger partial charge in [0.15, 0.2) is 0 Å². The summed E-state index contributed by atoms with van der Waals surface area (Å²) in [5.41, 5.74) is 1.55. The van der Waals surface area contributed by atoms with E-state index < -0.39 is 29.2 Å². The minimum atomic E-state index is -1.12. The Labute approximate surface area is 167 Å². The molecule has 2 aliphatic rings. The number of halogens is 1. The summed E-state index contributed by atoms with van der Waals surface area (Å²) in [4.78, 5) is 36.9. The van der Waals surface area contributed by atoms with Gasteiger partial charge in [0.25, 0.3) is 11.8 Å². The van der Waals surface area contributed by atoms with Gasteiger partial charge in [-0.05, 0) is 60.1 Å². The third kappa shape index (κ3) is 3.60. The van der Waals surface area contributed by atoms with Crippen LogP contribution in [0.25, 0.3) is 11.1 Å². The lowest BCUT2D eigenvalue weighted by molar-refractivity contribution is -0.124. The minimum Gasteiger partial charge on any atom is -0.349 e. The monoisotopic (exact) mass is 395 g/mol. The highest BCUT2D eigenvalue weighted by Gasteiger charge is 2.56. The maximum absolute atomic E-state index is 13.9. The van der Waals surface area contributed by atoms with E-state index in [1.165, 1.54) is 18.2 Å². The lowest BCUT2D eigenvalue weighted by Gasteiger charge is -2.26. The van der Waals surface area contributed by atoms with Gasteiger partial charge in [-0.25, -0.2) is 9.18 Å². The molecule has 2 aromatic rings. The minimum absolute atomic E-state index is 0.00327. The van der Waals surface area contributed by atoms with E-state index in [9.17, 15) is 18.8 Å². The van der Waals surface area contributed by atoms with Gasteiger partial charge in [-0.15, -0.1) is 0 Å². The number of carbonyl (C=O) groups excluding carboxylic acids is 3. The van der Waals surface area contributed by atoms with Crippen LogP contribution in [0.3, 0.4) is 0 Å². The van der Waals surface area contributed by atoms with Crippen molar-refractivity contribution in [2.75, 3.05) is 6.54 Å². The van der Waals surface area contributed by atoms with Crippen molar-refractivity contribution < 1.29 is 18.8 Å². The van der Waals surface area contributed by atoms with Crippen molar-refractivity contribution in [2.45, 2.75) is 31.7 Å². The second-order valence-corrected chi connectivity index (χ2v) is 7.58. The summed E-state index contributed by atoms with van der Waals surface area (Å²) in [7, 11) is 0. The number of amides is 4. The Balaban J connectivity index is 1.59. The van der Waals surface area contributed by atoms with Gasteiger partial charge in [-0.1, -0.05) is 31.2 Å². The number of urea groups is 1. The number of hydrogen-bond acceptors (Lipinski definition) is 3. The van der Waals surface area contributed by atoms with E-state index in [2.05, 4.69) is 16.0 Å². The van der Waals surface area contributed by atoms with E-state index in [1.807, 2.05) is 31.2 Å². The predicted molar refractivity (Wildman–Crippen MR) is 106 cm³/mol. The van der Waals surface area contributed by atoms with Crippen molar-refractivity contribution in [1.82, 2.24) is 16.0 Å². The Bertz CT molecular complexity index is 985. The van der Waals surface area contributed by atoms with Gasteiger partial charge in [0.05, 0.1) is 6.54 Å². The van der Waals surface area contributed by atoms with Crippen LogP contribution < -0.4 is 16.0 Å². The molecule has 2 aromatic carbocycles. The number of benzene rings is 2. The van der Waals surface area contributed by atoms with Crippen molar-refractivity contribution in [3.05, 3.63) is 59.4 Å². The molecule has 1 aliphatic heterocycles. The maximum atomic E-state index is 13.9. The molecule has 0 radical (unpaired) electrons. The fourth-order valence-electron chi connectivity index (χ4n) is 3.83. The van der Waals surface area contributed by atoms with Gasteiger partial charge in [-0.2, -0.15) is 0 Å². The van der Waals surface area contributed by atoms with Crippen LogP contribution >= 0.6 is 0 Å². The highest BCUT2D eigenvalue weighted by molar-refractivity contribution is 6.08. The number of nitrogens with one attached hydrogen (secondary N) is 3. The first-order valence-electron chi connectivity index (χ1n) is 9.73. The molecule has 1 saturated heterocycles. The first-order valence-corrected chi connectivity index (χ1v) is 9.73. The van der Waals surface area contributed by atoms with Gasteiger partial charge in [0.2, 0.25) is 0 Å². The van der Waals surface area contributed by atoms with Crippen LogP contribution in [-0.2, 0) is 11.2 Å². The van der Waals surface area contributed by atoms with Crippen molar-refractivity contribution in [1.29, 1.82) is 0 Å². The van der Waals surface area contributed by atoms with Gasteiger partial charge in [0.1, 0.15) is 11.4 Å². The van der Waals surface area contributed by atoms with Crippen LogP contribution in [0.4, 0.5) is 9.18 Å². The summed E-state index contributed by atoms with van der Waals surface area (Å²) in [6.45, 7) is 2.03. The predicted octanol–water partition coefficient (Wildman–Crippen LogP) is 2.77. The van der Waals surface area contributed by atoms with Gasteiger partial charge >= 0.3 is 6.03 Å². The van der Waals surface area contributed by atoms with E-state index in [1.54, 1.807) is 0 Å². The van der Waals surface area contributed by atoms with Crippen molar-refractivity contribution in [3.63, 3.8) is 0 Å². The molecule has 150 valence electrons. The number of hydrogen-bond donors (Lipinski definition) is 3. The van der Waals surface area contributed by atoms with Gasteiger partial charge in [0, 0.05) is 5.56 Å². The van der Waals surface area contributed by atoms with Crippen LogP contribution in [0.15, 0.2) is 42.5 Å². The molecule has 0 bridgehead atoms. The molecule has 3 N–H and O–H groups in total. The summed E-state index contributed by atoms with van der Waals surface area (Å²) < 4.78 is 13.9. The molecule has 7 heteroatoms. The summed E-state index contributed by atoms with van der Waals surface area (Å²) >= 11 is 0. The lowest BCUT2D eigenvalue weighted by Crippen LogP contribution is -2.57.